The summed E-state index contributed by atoms with van der Waals surface area (Å²) in [6, 6.07) is 0. The van der Waals surface area contributed by atoms with E-state index in [1.54, 1.807) is 6.92 Å². The van der Waals surface area contributed by atoms with E-state index in [-0.39, 0.29) is 34.6 Å². The van der Waals surface area contributed by atoms with Gasteiger partial charge in [0.1, 0.15) is 5.78 Å². The average molecular weight is 314 g/mol. The molecule has 23 heavy (non-hydrogen) atoms. The van der Waals surface area contributed by atoms with E-state index in [1.165, 1.54) is 0 Å². The molecule has 124 valence electrons. The first-order chi connectivity index (χ1) is 10.6. The van der Waals surface area contributed by atoms with Gasteiger partial charge < -0.3 is 0 Å². The number of fused-ring (bicyclic) bond motifs is 2. The van der Waals surface area contributed by atoms with Crippen LogP contribution in [0.1, 0.15) is 53.9 Å². The molecule has 0 heterocycles. The molecule has 3 nitrogen and oxygen atoms in total. The number of Topliss-reactive ketones (excluding diaryl/α,β-unsaturated/α-hetero) is 3. The minimum Gasteiger partial charge on any atom is -0.299 e. The first-order valence-corrected chi connectivity index (χ1v) is 8.58. The highest BCUT2D eigenvalue weighted by Gasteiger charge is 2.61. The number of rotatable bonds is 0. The maximum absolute atomic E-state index is 13.4. The summed E-state index contributed by atoms with van der Waals surface area (Å²) in [7, 11) is 0. The lowest BCUT2D eigenvalue weighted by Gasteiger charge is -2.36. The highest BCUT2D eigenvalue weighted by atomic mass is 16.2. The molecule has 0 amide bonds. The summed E-state index contributed by atoms with van der Waals surface area (Å²) in [6.07, 6.45) is 5.40. The highest BCUT2D eigenvalue weighted by molar-refractivity contribution is 6.12. The zero-order valence-electron chi connectivity index (χ0n) is 14.7. The van der Waals surface area contributed by atoms with Crippen LogP contribution in [0.25, 0.3) is 0 Å². The third kappa shape index (κ3) is 2.28. The van der Waals surface area contributed by atoms with Crippen molar-refractivity contribution in [3.05, 3.63) is 23.3 Å². The van der Waals surface area contributed by atoms with E-state index in [9.17, 15) is 14.4 Å². The van der Waals surface area contributed by atoms with Crippen LogP contribution in [0.3, 0.4) is 0 Å². The molecule has 0 aromatic heterocycles. The number of hydrogen-bond acceptors (Lipinski definition) is 3. The van der Waals surface area contributed by atoms with Crippen molar-refractivity contribution in [2.24, 2.45) is 28.6 Å². The minimum absolute atomic E-state index is 0.0174. The van der Waals surface area contributed by atoms with Gasteiger partial charge in [0, 0.05) is 18.8 Å². The zero-order chi connectivity index (χ0) is 17.2. The molecule has 1 fully saturated rings. The van der Waals surface area contributed by atoms with Crippen molar-refractivity contribution in [2.45, 2.75) is 53.9 Å². The lowest BCUT2D eigenvalue weighted by molar-refractivity contribution is -0.142. The molecule has 3 aliphatic carbocycles. The Hall–Kier alpha value is -1.51. The summed E-state index contributed by atoms with van der Waals surface area (Å²) in [6.45, 7) is 9.76. The normalized spacial score (nSPS) is 42.1. The number of allylic oxidation sites excluding steroid dienone is 4. The van der Waals surface area contributed by atoms with Crippen LogP contribution in [0.15, 0.2) is 23.3 Å². The molecule has 0 aromatic carbocycles. The molecule has 0 saturated heterocycles. The summed E-state index contributed by atoms with van der Waals surface area (Å²) in [5.74, 6) is -0.0181. The molecule has 1 saturated carbocycles. The predicted molar refractivity (Wildman–Crippen MR) is 88.7 cm³/mol. The SMILES string of the molecule is C/C1=C/C2=CC(C)CC2C(=O)C2(C)C(=O)CC(C)(C)C2CC1=O. The Kier molecular flexibility index (Phi) is 3.55. The van der Waals surface area contributed by atoms with E-state index < -0.39 is 5.41 Å². The van der Waals surface area contributed by atoms with Crippen LogP contribution < -0.4 is 0 Å². The molecule has 4 unspecified atom stereocenters. The zero-order valence-corrected chi connectivity index (χ0v) is 14.7. The van der Waals surface area contributed by atoms with Crippen molar-refractivity contribution in [2.75, 3.05) is 0 Å². The van der Waals surface area contributed by atoms with Crippen molar-refractivity contribution in [3.8, 4) is 0 Å². The van der Waals surface area contributed by atoms with Gasteiger partial charge in [-0.2, -0.15) is 0 Å². The van der Waals surface area contributed by atoms with Crippen molar-refractivity contribution in [1.29, 1.82) is 0 Å². The number of carbonyl (C=O) groups excluding carboxylic acids is 3. The number of ketones is 3. The fourth-order valence-electron chi connectivity index (χ4n) is 4.95. The van der Waals surface area contributed by atoms with E-state index >= 15 is 0 Å². The molecule has 0 aliphatic heterocycles. The Morgan fingerprint density at radius 3 is 2.43 bits per heavy atom. The van der Waals surface area contributed by atoms with Crippen LogP contribution in [-0.2, 0) is 14.4 Å². The molecule has 0 spiro atoms. The van der Waals surface area contributed by atoms with Crippen LogP contribution in [-0.4, -0.2) is 17.3 Å². The molecule has 0 N–H and O–H groups in total. The molecule has 0 bridgehead atoms. The summed E-state index contributed by atoms with van der Waals surface area (Å²) in [5.41, 5.74) is 0.316. The van der Waals surface area contributed by atoms with Crippen molar-refractivity contribution < 1.29 is 14.4 Å². The van der Waals surface area contributed by atoms with Gasteiger partial charge in [-0.1, -0.05) is 32.9 Å². The molecule has 0 radical (unpaired) electrons. The van der Waals surface area contributed by atoms with Crippen molar-refractivity contribution in [1.82, 2.24) is 0 Å². The maximum Gasteiger partial charge on any atom is 0.158 e. The maximum atomic E-state index is 13.4. The lowest BCUT2D eigenvalue weighted by Crippen LogP contribution is -2.44. The average Bonchev–Trinajstić information content (AvgIpc) is 2.88. The summed E-state index contributed by atoms with van der Waals surface area (Å²) in [5, 5.41) is 0. The van der Waals surface area contributed by atoms with Crippen molar-refractivity contribution in [3.63, 3.8) is 0 Å². The Morgan fingerprint density at radius 2 is 1.78 bits per heavy atom. The number of carbonyl (C=O) groups is 3. The molecule has 3 rings (SSSR count). The van der Waals surface area contributed by atoms with Crippen LogP contribution in [0.5, 0.6) is 0 Å². The van der Waals surface area contributed by atoms with Gasteiger partial charge in [-0.05, 0) is 48.7 Å². The second-order valence-corrected chi connectivity index (χ2v) is 8.59. The van der Waals surface area contributed by atoms with Gasteiger partial charge in [-0.15, -0.1) is 0 Å². The second-order valence-electron chi connectivity index (χ2n) is 8.59. The fourth-order valence-corrected chi connectivity index (χ4v) is 4.95. The quantitative estimate of drug-likeness (QED) is 0.641. The molecular formula is C20H26O3. The van der Waals surface area contributed by atoms with E-state index in [4.69, 9.17) is 0 Å². The minimum atomic E-state index is -1.02. The van der Waals surface area contributed by atoms with E-state index in [2.05, 4.69) is 13.0 Å². The summed E-state index contributed by atoms with van der Waals surface area (Å²) in [4.78, 5) is 38.9. The van der Waals surface area contributed by atoms with Gasteiger partial charge in [0.2, 0.25) is 0 Å². The van der Waals surface area contributed by atoms with E-state index in [0.29, 0.717) is 24.3 Å². The molecule has 0 aromatic rings. The van der Waals surface area contributed by atoms with Gasteiger partial charge in [0.15, 0.2) is 11.6 Å². The van der Waals surface area contributed by atoms with Crippen LogP contribution in [0.2, 0.25) is 0 Å². The smallest absolute Gasteiger partial charge is 0.158 e. The predicted octanol–water partition coefficient (Wildman–Crippen LogP) is 3.68. The van der Waals surface area contributed by atoms with Gasteiger partial charge >= 0.3 is 0 Å². The lowest BCUT2D eigenvalue weighted by atomic mass is 9.64. The third-order valence-electron chi connectivity index (χ3n) is 6.36. The fraction of sp³-hybridized carbons (Fsp3) is 0.650. The van der Waals surface area contributed by atoms with Gasteiger partial charge in [0.05, 0.1) is 5.41 Å². The number of hydrogen-bond donors (Lipinski definition) is 0. The van der Waals surface area contributed by atoms with Gasteiger partial charge in [-0.25, -0.2) is 0 Å². The molecule has 3 heteroatoms. The Bertz CT molecular complexity index is 664. The third-order valence-corrected chi connectivity index (χ3v) is 6.36. The molecular weight excluding hydrogens is 288 g/mol. The second kappa shape index (κ2) is 4.99. The topological polar surface area (TPSA) is 51.2 Å². The van der Waals surface area contributed by atoms with Gasteiger partial charge in [-0.3, -0.25) is 14.4 Å². The van der Waals surface area contributed by atoms with Crippen LogP contribution in [0.4, 0.5) is 0 Å². The summed E-state index contributed by atoms with van der Waals surface area (Å²) >= 11 is 0. The van der Waals surface area contributed by atoms with E-state index in [0.717, 1.165) is 12.0 Å². The largest absolute Gasteiger partial charge is 0.299 e. The molecule has 3 aliphatic rings. The van der Waals surface area contributed by atoms with E-state index in [1.807, 2.05) is 26.8 Å². The Morgan fingerprint density at radius 1 is 1.13 bits per heavy atom. The highest BCUT2D eigenvalue weighted by Crippen LogP contribution is 2.56. The Labute approximate surface area is 138 Å². The van der Waals surface area contributed by atoms with Crippen molar-refractivity contribution >= 4 is 17.3 Å². The molecule has 4 atom stereocenters. The van der Waals surface area contributed by atoms with Gasteiger partial charge in [0.25, 0.3) is 0 Å². The Balaban J connectivity index is 2.17. The van der Waals surface area contributed by atoms with Crippen LogP contribution in [0, 0.1) is 28.6 Å². The first-order valence-electron chi connectivity index (χ1n) is 8.58. The first kappa shape index (κ1) is 16.4. The monoisotopic (exact) mass is 314 g/mol. The summed E-state index contributed by atoms with van der Waals surface area (Å²) < 4.78 is 0. The standard InChI is InChI=1S/C20H26O3/c1-11-6-13-8-12(2)15(21)9-16-19(3,4)10-17(22)20(16,5)18(23)14(13)7-11/h6,8,11,14,16H,7,9-10H2,1-5H3/b12-8-. The van der Waals surface area contributed by atoms with Crippen LogP contribution >= 0.6 is 0 Å².